The van der Waals surface area contributed by atoms with Crippen LogP contribution in [0.15, 0.2) is 22.7 Å². The molecule has 96 valence electrons. The predicted octanol–water partition coefficient (Wildman–Crippen LogP) is 4.38. The minimum atomic E-state index is -4.30. The van der Waals surface area contributed by atoms with Crippen molar-refractivity contribution < 1.29 is 13.2 Å². The molecule has 0 aliphatic carbocycles. The van der Waals surface area contributed by atoms with Gasteiger partial charge in [-0.2, -0.15) is 13.2 Å². The van der Waals surface area contributed by atoms with E-state index >= 15 is 0 Å². The number of benzene rings is 1. The minimum absolute atomic E-state index is 0.105. The number of hydrogen-bond acceptors (Lipinski definition) is 1. The van der Waals surface area contributed by atoms with Crippen LogP contribution in [0.4, 0.5) is 13.2 Å². The summed E-state index contributed by atoms with van der Waals surface area (Å²) in [5.74, 6) is 0.208. The number of halogens is 4. The van der Waals surface area contributed by atoms with E-state index in [4.69, 9.17) is 0 Å². The van der Waals surface area contributed by atoms with E-state index in [1.54, 1.807) is 7.05 Å². The van der Waals surface area contributed by atoms with Crippen LogP contribution in [0, 0.1) is 5.92 Å². The van der Waals surface area contributed by atoms with Gasteiger partial charge >= 0.3 is 6.18 Å². The van der Waals surface area contributed by atoms with Gasteiger partial charge in [0.2, 0.25) is 0 Å². The zero-order valence-corrected chi connectivity index (χ0v) is 11.5. The lowest BCUT2D eigenvalue weighted by Crippen LogP contribution is -2.22. The normalized spacial score (nSPS) is 14.1. The average Bonchev–Trinajstić information content (AvgIpc) is 2.19. The molecule has 1 aromatic rings. The molecule has 0 radical (unpaired) electrons. The van der Waals surface area contributed by atoms with Crippen molar-refractivity contribution in [3.63, 3.8) is 0 Å². The summed E-state index contributed by atoms with van der Waals surface area (Å²) in [5.41, 5.74) is 0.0222. The Balaban J connectivity index is 3.23. The molecule has 0 saturated heterocycles. The fourth-order valence-corrected chi connectivity index (χ4v) is 2.30. The van der Waals surface area contributed by atoms with E-state index in [1.165, 1.54) is 12.1 Å². The predicted molar refractivity (Wildman–Crippen MR) is 65.8 cm³/mol. The fourth-order valence-electron chi connectivity index (χ4n) is 1.81. The van der Waals surface area contributed by atoms with Gasteiger partial charge in [0.15, 0.2) is 0 Å². The van der Waals surface area contributed by atoms with E-state index in [0.29, 0.717) is 10.0 Å². The summed E-state index contributed by atoms with van der Waals surface area (Å²) < 4.78 is 38.6. The Hall–Kier alpha value is -0.550. The van der Waals surface area contributed by atoms with Crippen molar-refractivity contribution in [1.82, 2.24) is 5.32 Å². The molecule has 0 spiro atoms. The second kappa shape index (κ2) is 5.40. The van der Waals surface area contributed by atoms with Crippen LogP contribution in [0.25, 0.3) is 0 Å². The highest BCUT2D eigenvalue weighted by molar-refractivity contribution is 9.10. The van der Waals surface area contributed by atoms with Crippen molar-refractivity contribution in [2.75, 3.05) is 7.05 Å². The SMILES string of the molecule is CNC(c1cc(C(F)(F)F)ccc1Br)C(C)C. The Kier molecular flexibility index (Phi) is 4.61. The Bertz CT molecular complexity index is 388. The lowest BCUT2D eigenvalue weighted by atomic mass is 9.95. The van der Waals surface area contributed by atoms with Crippen LogP contribution >= 0.6 is 15.9 Å². The molecule has 5 heteroatoms. The highest BCUT2D eigenvalue weighted by atomic mass is 79.9. The van der Waals surface area contributed by atoms with Gasteiger partial charge in [-0.15, -0.1) is 0 Å². The molecule has 0 amide bonds. The van der Waals surface area contributed by atoms with Crippen LogP contribution in [-0.2, 0) is 6.18 Å². The number of rotatable bonds is 3. The van der Waals surface area contributed by atoms with E-state index in [1.807, 2.05) is 13.8 Å². The third-order valence-electron chi connectivity index (χ3n) is 2.64. The van der Waals surface area contributed by atoms with E-state index in [9.17, 15) is 13.2 Å². The first kappa shape index (κ1) is 14.5. The second-order valence-corrected chi connectivity index (χ2v) is 5.10. The first-order valence-electron chi connectivity index (χ1n) is 5.31. The van der Waals surface area contributed by atoms with Crippen LogP contribution in [0.5, 0.6) is 0 Å². The van der Waals surface area contributed by atoms with E-state index in [0.717, 1.165) is 6.07 Å². The van der Waals surface area contributed by atoms with Crippen molar-refractivity contribution in [1.29, 1.82) is 0 Å². The lowest BCUT2D eigenvalue weighted by molar-refractivity contribution is -0.137. The molecule has 0 heterocycles. The lowest BCUT2D eigenvalue weighted by Gasteiger charge is -2.23. The fraction of sp³-hybridized carbons (Fsp3) is 0.500. The Labute approximate surface area is 108 Å². The zero-order valence-electron chi connectivity index (χ0n) is 9.90. The van der Waals surface area contributed by atoms with Gasteiger partial charge in [-0.3, -0.25) is 0 Å². The van der Waals surface area contributed by atoms with E-state index < -0.39 is 11.7 Å². The summed E-state index contributed by atoms with van der Waals surface area (Å²) in [6.45, 7) is 3.93. The molecule has 0 saturated carbocycles. The van der Waals surface area contributed by atoms with Crippen LogP contribution < -0.4 is 5.32 Å². The third-order valence-corrected chi connectivity index (χ3v) is 3.36. The maximum atomic E-state index is 12.6. The molecular weight excluding hydrogens is 295 g/mol. The highest BCUT2D eigenvalue weighted by Crippen LogP contribution is 2.35. The topological polar surface area (TPSA) is 12.0 Å². The summed E-state index contributed by atoms with van der Waals surface area (Å²) in [7, 11) is 1.75. The molecule has 0 fully saturated rings. The molecule has 1 rings (SSSR count). The van der Waals surface area contributed by atoms with Gasteiger partial charge in [-0.25, -0.2) is 0 Å². The van der Waals surface area contributed by atoms with Crippen molar-refractivity contribution in [2.45, 2.75) is 26.1 Å². The van der Waals surface area contributed by atoms with Gasteiger partial charge in [-0.05, 0) is 36.7 Å². The first-order valence-corrected chi connectivity index (χ1v) is 6.10. The highest BCUT2D eigenvalue weighted by Gasteiger charge is 2.31. The van der Waals surface area contributed by atoms with Crippen molar-refractivity contribution in [3.8, 4) is 0 Å². The minimum Gasteiger partial charge on any atom is -0.313 e. The molecule has 1 nitrogen and oxygen atoms in total. The Morgan fingerprint density at radius 3 is 2.24 bits per heavy atom. The van der Waals surface area contributed by atoms with Gasteiger partial charge < -0.3 is 5.32 Å². The Morgan fingerprint density at radius 1 is 1.24 bits per heavy atom. The molecular formula is C12H15BrF3N. The van der Waals surface area contributed by atoms with Gasteiger partial charge in [0, 0.05) is 10.5 Å². The largest absolute Gasteiger partial charge is 0.416 e. The quantitative estimate of drug-likeness (QED) is 0.873. The summed E-state index contributed by atoms with van der Waals surface area (Å²) in [6, 6.07) is 3.63. The first-order chi connectivity index (χ1) is 7.77. The maximum Gasteiger partial charge on any atom is 0.416 e. The molecule has 1 N–H and O–H groups in total. The summed E-state index contributed by atoms with van der Waals surface area (Å²) in [6.07, 6.45) is -4.30. The monoisotopic (exact) mass is 309 g/mol. The maximum absolute atomic E-state index is 12.6. The smallest absolute Gasteiger partial charge is 0.313 e. The van der Waals surface area contributed by atoms with Crippen molar-refractivity contribution in [3.05, 3.63) is 33.8 Å². The van der Waals surface area contributed by atoms with Crippen molar-refractivity contribution in [2.24, 2.45) is 5.92 Å². The van der Waals surface area contributed by atoms with Gasteiger partial charge in [0.25, 0.3) is 0 Å². The number of nitrogens with one attached hydrogen (secondary N) is 1. The molecule has 0 aliphatic rings. The molecule has 0 aromatic heterocycles. The van der Waals surface area contributed by atoms with Gasteiger partial charge in [0.1, 0.15) is 0 Å². The molecule has 0 bridgehead atoms. The van der Waals surface area contributed by atoms with Crippen LogP contribution in [0.3, 0.4) is 0 Å². The van der Waals surface area contributed by atoms with Crippen molar-refractivity contribution >= 4 is 15.9 Å². The molecule has 1 unspecified atom stereocenters. The number of hydrogen-bond donors (Lipinski definition) is 1. The standard InChI is InChI=1S/C12H15BrF3N/c1-7(2)11(17-3)9-6-8(12(14,15)16)4-5-10(9)13/h4-7,11,17H,1-3H3. The summed E-state index contributed by atoms with van der Waals surface area (Å²) in [4.78, 5) is 0. The van der Waals surface area contributed by atoms with Gasteiger partial charge in [0.05, 0.1) is 5.56 Å². The molecule has 1 atom stereocenters. The molecule has 0 aliphatic heterocycles. The van der Waals surface area contributed by atoms with E-state index in [2.05, 4.69) is 21.2 Å². The zero-order chi connectivity index (χ0) is 13.2. The van der Waals surface area contributed by atoms with Crippen LogP contribution in [-0.4, -0.2) is 7.05 Å². The third kappa shape index (κ3) is 3.45. The summed E-state index contributed by atoms with van der Waals surface area (Å²) in [5, 5.41) is 3.04. The van der Waals surface area contributed by atoms with Crippen LogP contribution in [0.1, 0.15) is 31.0 Å². The summed E-state index contributed by atoms with van der Waals surface area (Å²) >= 11 is 3.30. The van der Waals surface area contributed by atoms with Crippen LogP contribution in [0.2, 0.25) is 0 Å². The second-order valence-electron chi connectivity index (χ2n) is 4.24. The molecule has 17 heavy (non-hydrogen) atoms. The number of alkyl halides is 3. The average molecular weight is 310 g/mol. The van der Waals surface area contributed by atoms with E-state index in [-0.39, 0.29) is 12.0 Å². The molecule has 1 aromatic carbocycles. The van der Waals surface area contributed by atoms with Gasteiger partial charge in [-0.1, -0.05) is 29.8 Å². The Morgan fingerprint density at radius 2 is 1.82 bits per heavy atom.